The molecule has 0 spiro atoms. The van der Waals surface area contributed by atoms with E-state index in [2.05, 4.69) is 11.6 Å². The average Bonchev–Trinajstić information content (AvgIpc) is 2.06. The average molecular weight is 161 g/mol. The first-order valence-corrected chi connectivity index (χ1v) is 3.78. The molecule has 0 aliphatic rings. The van der Waals surface area contributed by atoms with Gasteiger partial charge in [-0.15, -0.1) is 0 Å². The lowest BCUT2D eigenvalue weighted by Crippen LogP contribution is -2.02. The summed E-state index contributed by atoms with van der Waals surface area (Å²) in [6, 6.07) is 3.67. The molecule has 62 valence electrons. The molecule has 0 saturated heterocycles. The van der Waals surface area contributed by atoms with Crippen molar-refractivity contribution in [3.63, 3.8) is 0 Å². The summed E-state index contributed by atoms with van der Waals surface area (Å²) in [4.78, 5) is 15.1. The van der Waals surface area contributed by atoms with Crippen LogP contribution in [0.4, 0.5) is 0 Å². The number of Topliss-reactive ketones (excluding diaryl/α,β-unsaturated/α-hetero) is 1. The van der Waals surface area contributed by atoms with Crippen LogP contribution in [-0.4, -0.2) is 10.8 Å². The molecule has 2 nitrogen and oxygen atoms in total. The third-order valence-electron chi connectivity index (χ3n) is 1.59. The predicted molar refractivity (Wildman–Crippen MR) is 47.8 cm³/mol. The van der Waals surface area contributed by atoms with E-state index in [1.54, 1.807) is 19.3 Å². The summed E-state index contributed by atoms with van der Waals surface area (Å²) in [5, 5.41) is 0. The van der Waals surface area contributed by atoms with Crippen molar-refractivity contribution in [2.45, 2.75) is 13.3 Å². The molecule has 0 N–H and O–H groups in total. The van der Waals surface area contributed by atoms with Gasteiger partial charge >= 0.3 is 0 Å². The number of aromatic nitrogens is 1. The number of ketones is 1. The topological polar surface area (TPSA) is 30.0 Å². The molecule has 0 aromatic carbocycles. The van der Waals surface area contributed by atoms with Gasteiger partial charge in [0.1, 0.15) is 0 Å². The first-order valence-electron chi connectivity index (χ1n) is 3.78. The fourth-order valence-electron chi connectivity index (χ4n) is 0.837. The molecule has 0 saturated carbocycles. The van der Waals surface area contributed by atoms with Gasteiger partial charge in [0.2, 0.25) is 0 Å². The van der Waals surface area contributed by atoms with Crippen LogP contribution in [0, 0.1) is 0 Å². The Morgan fingerprint density at radius 1 is 1.50 bits per heavy atom. The Labute approximate surface area is 71.9 Å². The zero-order valence-corrected chi connectivity index (χ0v) is 7.08. The normalized spacial score (nSPS) is 9.42. The Balaban J connectivity index is 2.65. The number of hydrogen-bond donors (Lipinski definition) is 0. The molecule has 0 fully saturated rings. The third kappa shape index (κ3) is 2.31. The largest absolute Gasteiger partial charge is 0.294 e. The van der Waals surface area contributed by atoms with Crippen LogP contribution < -0.4 is 0 Å². The number of hydrogen-bond acceptors (Lipinski definition) is 2. The molecule has 1 aromatic heterocycles. The maximum absolute atomic E-state index is 11.2. The lowest BCUT2D eigenvalue weighted by atomic mass is 10.1. The molecule has 12 heavy (non-hydrogen) atoms. The second-order valence-electron chi connectivity index (χ2n) is 2.74. The minimum absolute atomic E-state index is 0.0844. The molecule has 1 rings (SSSR count). The van der Waals surface area contributed by atoms with Crippen LogP contribution in [0.2, 0.25) is 0 Å². The quantitative estimate of drug-likeness (QED) is 0.632. The van der Waals surface area contributed by atoms with E-state index >= 15 is 0 Å². The van der Waals surface area contributed by atoms with E-state index in [1.165, 1.54) is 0 Å². The van der Waals surface area contributed by atoms with Crippen LogP contribution in [0.1, 0.15) is 12.5 Å². The second kappa shape index (κ2) is 3.81. The van der Waals surface area contributed by atoms with Crippen molar-refractivity contribution in [3.8, 4) is 0 Å². The molecule has 0 amide bonds. The van der Waals surface area contributed by atoms with Crippen LogP contribution in [0.5, 0.6) is 0 Å². The molecular weight excluding hydrogens is 150 g/mol. The summed E-state index contributed by atoms with van der Waals surface area (Å²) in [6.07, 6.45) is 3.79. The van der Waals surface area contributed by atoms with E-state index in [0.717, 1.165) is 5.56 Å². The molecule has 0 aliphatic heterocycles. The van der Waals surface area contributed by atoms with Gasteiger partial charge in [0.25, 0.3) is 0 Å². The Hall–Kier alpha value is -1.44. The van der Waals surface area contributed by atoms with Crippen molar-refractivity contribution in [1.29, 1.82) is 0 Å². The minimum Gasteiger partial charge on any atom is -0.294 e. The van der Waals surface area contributed by atoms with Crippen LogP contribution in [-0.2, 0) is 11.2 Å². The number of nitrogens with zero attached hydrogens (tertiary/aromatic N) is 1. The molecule has 2 heteroatoms. The highest BCUT2D eigenvalue weighted by Crippen LogP contribution is 2.02. The van der Waals surface area contributed by atoms with Gasteiger partial charge in [-0.1, -0.05) is 6.58 Å². The summed E-state index contributed by atoms with van der Waals surface area (Å²) in [7, 11) is 0. The van der Waals surface area contributed by atoms with Crippen molar-refractivity contribution >= 4 is 5.78 Å². The SMILES string of the molecule is C=C(C)C(=O)Cc1ccncc1. The van der Waals surface area contributed by atoms with Gasteiger partial charge in [0.15, 0.2) is 5.78 Å². The molecule has 0 unspecified atom stereocenters. The van der Waals surface area contributed by atoms with Crippen molar-refractivity contribution < 1.29 is 4.79 Å². The van der Waals surface area contributed by atoms with Crippen molar-refractivity contribution in [2.75, 3.05) is 0 Å². The zero-order chi connectivity index (χ0) is 8.97. The lowest BCUT2D eigenvalue weighted by molar-refractivity contribution is -0.114. The van der Waals surface area contributed by atoms with Crippen LogP contribution in [0.15, 0.2) is 36.7 Å². The highest BCUT2D eigenvalue weighted by atomic mass is 16.1. The number of carbonyl (C=O) groups excluding carboxylic acids is 1. The van der Waals surface area contributed by atoms with Gasteiger partial charge in [-0.3, -0.25) is 9.78 Å². The maximum Gasteiger partial charge on any atom is 0.162 e. The standard InChI is InChI=1S/C10H11NO/c1-8(2)10(12)7-9-3-5-11-6-4-9/h3-6H,1,7H2,2H3. The van der Waals surface area contributed by atoms with Crippen LogP contribution >= 0.6 is 0 Å². The van der Waals surface area contributed by atoms with Crippen molar-refractivity contribution in [1.82, 2.24) is 4.98 Å². The molecule has 0 radical (unpaired) electrons. The summed E-state index contributed by atoms with van der Waals surface area (Å²) >= 11 is 0. The van der Waals surface area contributed by atoms with E-state index in [1.807, 2.05) is 12.1 Å². The second-order valence-corrected chi connectivity index (χ2v) is 2.74. The molecule has 0 aliphatic carbocycles. The minimum atomic E-state index is 0.0844. The summed E-state index contributed by atoms with van der Waals surface area (Å²) in [5.41, 5.74) is 1.59. The van der Waals surface area contributed by atoms with Crippen molar-refractivity contribution in [3.05, 3.63) is 42.2 Å². The van der Waals surface area contributed by atoms with Gasteiger partial charge < -0.3 is 0 Å². The number of carbonyl (C=O) groups is 1. The predicted octanol–water partition coefficient (Wildman–Crippen LogP) is 1.77. The molecule has 1 heterocycles. The first kappa shape index (κ1) is 8.65. The fourth-order valence-corrected chi connectivity index (χ4v) is 0.837. The van der Waals surface area contributed by atoms with Gasteiger partial charge in [0, 0.05) is 18.8 Å². The maximum atomic E-state index is 11.2. The molecule has 0 bridgehead atoms. The number of pyridine rings is 1. The third-order valence-corrected chi connectivity index (χ3v) is 1.59. The Kier molecular flexibility index (Phi) is 2.75. The zero-order valence-electron chi connectivity index (χ0n) is 7.08. The van der Waals surface area contributed by atoms with E-state index in [9.17, 15) is 4.79 Å². The Morgan fingerprint density at radius 3 is 2.58 bits per heavy atom. The van der Waals surface area contributed by atoms with E-state index in [4.69, 9.17) is 0 Å². The van der Waals surface area contributed by atoms with Gasteiger partial charge in [-0.2, -0.15) is 0 Å². The van der Waals surface area contributed by atoms with Gasteiger partial charge in [-0.05, 0) is 30.2 Å². The molecular formula is C10H11NO. The lowest BCUT2D eigenvalue weighted by Gasteiger charge is -1.98. The van der Waals surface area contributed by atoms with E-state index in [-0.39, 0.29) is 5.78 Å². The van der Waals surface area contributed by atoms with Gasteiger partial charge in [0.05, 0.1) is 0 Å². The summed E-state index contributed by atoms with van der Waals surface area (Å²) < 4.78 is 0. The summed E-state index contributed by atoms with van der Waals surface area (Å²) in [6.45, 7) is 5.31. The number of allylic oxidation sites excluding steroid dienone is 1. The monoisotopic (exact) mass is 161 g/mol. The molecule has 0 atom stereocenters. The van der Waals surface area contributed by atoms with Crippen molar-refractivity contribution in [2.24, 2.45) is 0 Å². The highest BCUT2D eigenvalue weighted by Gasteiger charge is 2.02. The van der Waals surface area contributed by atoms with Crippen LogP contribution in [0.25, 0.3) is 0 Å². The van der Waals surface area contributed by atoms with E-state index in [0.29, 0.717) is 12.0 Å². The van der Waals surface area contributed by atoms with Crippen LogP contribution in [0.3, 0.4) is 0 Å². The molecule has 1 aromatic rings. The highest BCUT2D eigenvalue weighted by molar-refractivity contribution is 5.95. The first-order chi connectivity index (χ1) is 5.70. The Bertz CT molecular complexity index is 290. The Morgan fingerprint density at radius 2 is 2.08 bits per heavy atom. The number of rotatable bonds is 3. The smallest absolute Gasteiger partial charge is 0.162 e. The summed E-state index contributed by atoms with van der Waals surface area (Å²) in [5.74, 6) is 0.0844. The van der Waals surface area contributed by atoms with Gasteiger partial charge in [-0.25, -0.2) is 0 Å². The fraction of sp³-hybridized carbons (Fsp3) is 0.200. The van der Waals surface area contributed by atoms with E-state index < -0.39 is 0 Å².